The first kappa shape index (κ1) is 20.9. The molecule has 7 heteroatoms. The summed E-state index contributed by atoms with van der Waals surface area (Å²) in [5.74, 6) is -0.609. The molecule has 1 saturated heterocycles. The minimum Gasteiger partial charge on any atom is -0.497 e. The second-order valence-corrected chi connectivity index (χ2v) is 7.40. The molecule has 2 N–H and O–H groups in total. The van der Waals surface area contributed by atoms with E-state index in [9.17, 15) is 9.59 Å². The van der Waals surface area contributed by atoms with Crippen LogP contribution >= 0.6 is 0 Å². The van der Waals surface area contributed by atoms with Gasteiger partial charge >= 0.3 is 11.8 Å². The zero-order chi connectivity index (χ0) is 20.6. The maximum absolute atomic E-state index is 12.4. The molecule has 1 aliphatic heterocycles. The van der Waals surface area contributed by atoms with E-state index in [2.05, 4.69) is 26.2 Å². The largest absolute Gasteiger partial charge is 0.497 e. The Balaban J connectivity index is 1.62. The molecule has 156 valence electrons. The highest BCUT2D eigenvalue weighted by Gasteiger charge is 2.25. The van der Waals surface area contributed by atoms with Crippen molar-refractivity contribution in [3.05, 3.63) is 48.3 Å². The molecule has 1 unspecified atom stereocenters. The van der Waals surface area contributed by atoms with Crippen molar-refractivity contribution in [2.24, 2.45) is 7.05 Å². The summed E-state index contributed by atoms with van der Waals surface area (Å²) in [6, 6.07) is 11.0. The smallest absolute Gasteiger partial charge is 0.313 e. The minimum atomic E-state index is -0.670. The Bertz CT molecular complexity index is 808. The van der Waals surface area contributed by atoms with E-state index in [1.54, 1.807) is 31.4 Å². The van der Waals surface area contributed by atoms with E-state index in [0.717, 1.165) is 31.6 Å². The molecular formula is C22H30N4O3. The molecule has 0 radical (unpaired) electrons. The summed E-state index contributed by atoms with van der Waals surface area (Å²) >= 11 is 0. The molecular weight excluding hydrogens is 368 g/mol. The number of aromatic nitrogens is 1. The molecule has 2 heterocycles. The Kier molecular flexibility index (Phi) is 7.30. The van der Waals surface area contributed by atoms with E-state index in [-0.39, 0.29) is 6.04 Å². The van der Waals surface area contributed by atoms with Gasteiger partial charge in [0.15, 0.2) is 0 Å². The summed E-state index contributed by atoms with van der Waals surface area (Å²) in [6.45, 7) is 2.40. The van der Waals surface area contributed by atoms with Crippen LogP contribution in [0.1, 0.15) is 37.4 Å². The van der Waals surface area contributed by atoms with Gasteiger partial charge < -0.3 is 19.9 Å². The number of carbonyl (C=O) groups is 2. The number of carbonyl (C=O) groups excluding carboxylic acids is 2. The van der Waals surface area contributed by atoms with Crippen LogP contribution < -0.4 is 15.4 Å². The average Bonchev–Trinajstić information content (AvgIpc) is 2.98. The lowest BCUT2D eigenvalue weighted by atomic mass is 10.1. The number of hydrogen-bond donors (Lipinski definition) is 2. The number of methoxy groups -OCH3 is 1. The Hall–Kier alpha value is -2.80. The number of nitrogens with zero attached hydrogens (tertiary/aromatic N) is 2. The predicted molar refractivity (Wildman–Crippen MR) is 113 cm³/mol. The summed E-state index contributed by atoms with van der Waals surface area (Å²) in [5, 5.41) is 5.45. The van der Waals surface area contributed by atoms with Crippen molar-refractivity contribution in [3.63, 3.8) is 0 Å². The highest BCUT2D eigenvalue weighted by molar-refractivity contribution is 6.39. The number of hydrogen-bond acceptors (Lipinski definition) is 4. The number of ether oxygens (including phenoxy) is 1. The van der Waals surface area contributed by atoms with Crippen LogP contribution in [0.3, 0.4) is 0 Å². The van der Waals surface area contributed by atoms with Crippen molar-refractivity contribution in [2.45, 2.75) is 31.7 Å². The van der Waals surface area contributed by atoms with Crippen LogP contribution in [0.5, 0.6) is 5.75 Å². The van der Waals surface area contributed by atoms with Crippen molar-refractivity contribution in [3.8, 4) is 5.75 Å². The topological polar surface area (TPSA) is 75.6 Å². The fourth-order valence-electron chi connectivity index (χ4n) is 3.78. The van der Waals surface area contributed by atoms with Gasteiger partial charge in [0.05, 0.1) is 13.2 Å². The van der Waals surface area contributed by atoms with Gasteiger partial charge in [-0.2, -0.15) is 0 Å². The first-order valence-electron chi connectivity index (χ1n) is 10.2. The third kappa shape index (κ3) is 5.60. The second-order valence-electron chi connectivity index (χ2n) is 7.40. The van der Waals surface area contributed by atoms with Crippen molar-refractivity contribution < 1.29 is 14.3 Å². The monoisotopic (exact) mass is 398 g/mol. The molecule has 29 heavy (non-hydrogen) atoms. The van der Waals surface area contributed by atoms with Crippen molar-refractivity contribution in [2.75, 3.05) is 32.1 Å². The Morgan fingerprint density at radius 1 is 1.03 bits per heavy atom. The molecule has 1 fully saturated rings. The predicted octanol–water partition coefficient (Wildman–Crippen LogP) is 2.71. The average molecular weight is 399 g/mol. The van der Waals surface area contributed by atoms with Gasteiger partial charge in [-0.15, -0.1) is 0 Å². The summed E-state index contributed by atoms with van der Waals surface area (Å²) in [4.78, 5) is 27.1. The molecule has 1 atom stereocenters. The van der Waals surface area contributed by atoms with Crippen LogP contribution in [0.4, 0.5) is 5.69 Å². The van der Waals surface area contributed by atoms with Crippen molar-refractivity contribution in [1.82, 2.24) is 14.8 Å². The van der Waals surface area contributed by atoms with Crippen LogP contribution in [-0.4, -0.2) is 48.0 Å². The second kappa shape index (κ2) is 10.1. The van der Waals surface area contributed by atoms with Gasteiger partial charge in [0.2, 0.25) is 0 Å². The standard InChI is InChI=1S/C22H30N4O3/c1-25-13-7-8-19(25)20(26-14-5-3-4-6-15-26)16-23-21(27)22(28)24-17-9-11-18(29-2)12-10-17/h7-13,20H,3-6,14-16H2,1-2H3,(H,23,27)(H,24,28). The van der Waals surface area contributed by atoms with E-state index < -0.39 is 11.8 Å². The number of amides is 2. The Labute approximate surface area is 172 Å². The SMILES string of the molecule is COc1ccc(NC(=O)C(=O)NCC(c2cccn2C)N2CCCCCC2)cc1. The number of rotatable bonds is 6. The molecule has 0 bridgehead atoms. The van der Waals surface area contributed by atoms with E-state index in [4.69, 9.17) is 4.74 Å². The lowest BCUT2D eigenvalue weighted by Crippen LogP contribution is -2.42. The van der Waals surface area contributed by atoms with Crippen molar-refractivity contribution in [1.29, 1.82) is 0 Å². The normalized spacial score (nSPS) is 15.9. The number of anilines is 1. The van der Waals surface area contributed by atoms with Crippen LogP contribution in [0.25, 0.3) is 0 Å². The highest BCUT2D eigenvalue weighted by atomic mass is 16.5. The highest BCUT2D eigenvalue weighted by Crippen LogP contribution is 2.24. The van der Waals surface area contributed by atoms with Gasteiger partial charge in [0.1, 0.15) is 5.75 Å². The van der Waals surface area contributed by atoms with Gasteiger partial charge in [-0.05, 0) is 62.3 Å². The molecule has 2 aromatic rings. The first-order chi connectivity index (χ1) is 14.1. The van der Waals surface area contributed by atoms with Gasteiger partial charge in [-0.3, -0.25) is 14.5 Å². The van der Waals surface area contributed by atoms with Crippen LogP contribution in [-0.2, 0) is 16.6 Å². The van der Waals surface area contributed by atoms with Crippen LogP contribution in [0.2, 0.25) is 0 Å². The van der Waals surface area contributed by atoms with E-state index in [1.165, 1.54) is 12.8 Å². The molecule has 0 spiro atoms. The van der Waals surface area contributed by atoms with Crippen molar-refractivity contribution >= 4 is 17.5 Å². The molecule has 3 rings (SSSR count). The zero-order valence-corrected chi connectivity index (χ0v) is 17.2. The molecule has 2 amide bonds. The maximum Gasteiger partial charge on any atom is 0.313 e. The van der Waals surface area contributed by atoms with Gasteiger partial charge in [-0.1, -0.05) is 12.8 Å². The van der Waals surface area contributed by atoms with E-state index in [1.807, 2.05) is 19.3 Å². The lowest BCUT2D eigenvalue weighted by molar-refractivity contribution is -0.136. The van der Waals surface area contributed by atoms with Gasteiger partial charge in [-0.25, -0.2) is 0 Å². The Morgan fingerprint density at radius 2 is 1.72 bits per heavy atom. The van der Waals surface area contributed by atoms with Crippen LogP contribution in [0, 0.1) is 0 Å². The molecule has 1 aliphatic rings. The number of benzene rings is 1. The van der Waals surface area contributed by atoms with Crippen LogP contribution in [0.15, 0.2) is 42.6 Å². The third-order valence-electron chi connectivity index (χ3n) is 5.42. The molecule has 0 aliphatic carbocycles. The molecule has 0 saturated carbocycles. The lowest BCUT2D eigenvalue weighted by Gasteiger charge is -2.31. The van der Waals surface area contributed by atoms with Gasteiger partial charge in [0.25, 0.3) is 0 Å². The molecule has 1 aromatic carbocycles. The molecule has 7 nitrogen and oxygen atoms in total. The first-order valence-corrected chi connectivity index (χ1v) is 10.2. The summed E-state index contributed by atoms with van der Waals surface area (Å²) in [5.41, 5.74) is 1.69. The number of nitrogens with one attached hydrogen (secondary N) is 2. The minimum absolute atomic E-state index is 0.0471. The fourth-order valence-corrected chi connectivity index (χ4v) is 3.78. The summed E-state index contributed by atoms with van der Waals surface area (Å²) < 4.78 is 7.18. The van der Waals surface area contributed by atoms with E-state index in [0.29, 0.717) is 18.0 Å². The van der Waals surface area contributed by atoms with Gasteiger partial charge in [0, 0.05) is 31.2 Å². The number of likely N-dealkylation sites (tertiary alicyclic amines) is 1. The summed E-state index contributed by atoms with van der Waals surface area (Å²) in [7, 11) is 3.59. The quantitative estimate of drug-likeness (QED) is 0.734. The zero-order valence-electron chi connectivity index (χ0n) is 17.2. The van der Waals surface area contributed by atoms with E-state index >= 15 is 0 Å². The summed E-state index contributed by atoms with van der Waals surface area (Å²) in [6.07, 6.45) is 6.82. The maximum atomic E-state index is 12.4. The number of aryl methyl sites for hydroxylation is 1. The Morgan fingerprint density at radius 3 is 2.31 bits per heavy atom. The molecule has 1 aromatic heterocycles. The third-order valence-corrected chi connectivity index (χ3v) is 5.42. The fraction of sp³-hybridized carbons (Fsp3) is 0.455.